The Hall–Kier alpha value is -2.21. The van der Waals surface area contributed by atoms with E-state index in [-0.39, 0.29) is 11.8 Å². The fourth-order valence-electron chi connectivity index (χ4n) is 3.19. The van der Waals surface area contributed by atoms with Gasteiger partial charge in [0.05, 0.1) is 6.04 Å². The van der Waals surface area contributed by atoms with Crippen LogP contribution in [0.5, 0.6) is 0 Å². The van der Waals surface area contributed by atoms with Crippen molar-refractivity contribution in [3.8, 4) is 0 Å². The third-order valence-electron chi connectivity index (χ3n) is 4.82. The van der Waals surface area contributed by atoms with Crippen LogP contribution in [0.4, 0.5) is 5.69 Å². The van der Waals surface area contributed by atoms with E-state index in [0.29, 0.717) is 5.89 Å². The number of aryl methyl sites for hydroxylation is 1. The minimum Gasteiger partial charge on any atom is -0.369 e. The number of carbonyl (C=O) groups excluding carboxylic acids is 1. The van der Waals surface area contributed by atoms with Gasteiger partial charge in [-0.3, -0.25) is 9.69 Å². The zero-order chi connectivity index (χ0) is 17.8. The predicted octanol–water partition coefficient (Wildman–Crippen LogP) is 3.11. The van der Waals surface area contributed by atoms with Crippen LogP contribution in [-0.2, 0) is 6.42 Å². The lowest BCUT2D eigenvalue weighted by Crippen LogP contribution is -2.47. The topological polar surface area (TPSA) is 62.5 Å². The zero-order valence-corrected chi connectivity index (χ0v) is 15.2. The third-order valence-corrected chi connectivity index (χ3v) is 4.82. The highest BCUT2D eigenvalue weighted by atomic mass is 16.5. The Morgan fingerprint density at radius 2 is 1.88 bits per heavy atom. The normalized spacial score (nSPS) is 16.8. The molecule has 1 saturated heterocycles. The first-order valence-electron chi connectivity index (χ1n) is 9.01. The van der Waals surface area contributed by atoms with Crippen molar-refractivity contribution in [1.82, 2.24) is 15.0 Å². The summed E-state index contributed by atoms with van der Waals surface area (Å²) in [7, 11) is 0. The number of Topliss-reactive ketones (excluding diaryl/α,β-unsaturated/α-hetero) is 1. The Balaban J connectivity index is 1.58. The highest BCUT2D eigenvalue weighted by Crippen LogP contribution is 2.23. The van der Waals surface area contributed by atoms with E-state index >= 15 is 0 Å². The van der Waals surface area contributed by atoms with Crippen molar-refractivity contribution in [3.05, 3.63) is 41.5 Å². The third kappa shape index (κ3) is 4.07. The summed E-state index contributed by atoms with van der Waals surface area (Å²) < 4.78 is 5.43. The Bertz CT molecular complexity index is 702. The van der Waals surface area contributed by atoms with Crippen molar-refractivity contribution in [2.45, 2.75) is 39.7 Å². The van der Waals surface area contributed by atoms with Gasteiger partial charge in [-0.2, -0.15) is 4.98 Å². The Morgan fingerprint density at radius 3 is 2.48 bits per heavy atom. The monoisotopic (exact) mass is 342 g/mol. The standard InChI is InChI=1S/C19H26N4O2/c1-4-5-18-20-19(25-21-18)14(2)22-10-12-23(13-11-22)17-8-6-16(7-9-17)15(3)24/h6-9,14H,4-5,10-13H2,1-3H3/t14-/m1/s1. The van der Waals surface area contributed by atoms with Gasteiger partial charge in [0.25, 0.3) is 0 Å². The minimum absolute atomic E-state index is 0.104. The molecule has 0 unspecified atom stereocenters. The molecule has 25 heavy (non-hydrogen) atoms. The second-order valence-corrected chi connectivity index (χ2v) is 6.60. The number of piperazine rings is 1. The smallest absolute Gasteiger partial charge is 0.243 e. The van der Waals surface area contributed by atoms with Crippen LogP contribution < -0.4 is 4.90 Å². The lowest BCUT2D eigenvalue weighted by Gasteiger charge is -2.38. The fourth-order valence-corrected chi connectivity index (χ4v) is 3.19. The molecule has 1 aromatic heterocycles. The highest BCUT2D eigenvalue weighted by molar-refractivity contribution is 5.94. The van der Waals surface area contributed by atoms with Crippen LogP contribution in [0.25, 0.3) is 0 Å². The Morgan fingerprint density at radius 1 is 1.20 bits per heavy atom. The molecule has 0 saturated carbocycles. The number of hydrogen-bond donors (Lipinski definition) is 0. The van der Waals surface area contributed by atoms with Crippen molar-refractivity contribution in [1.29, 1.82) is 0 Å². The van der Waals surface area contributed by atoms with Gasteiger partial charge in [0, 0.05) is 43.9 Å². The van der Waals surface area contributed by atoms with E-state index in [1.165, 1.54) is 5.69 Å². The second kappa shape index (κ2) is 7.78. The molecule has 0 bridgehead atoms. The van der Waals surface area contributed by atoms with Crippen LogP contribution in [0.3, 0.4) is 0 Å². The van der Waals surface area contributed by atoms with E-state index in [2.05, 4.69) is 33.8 Å². The summed E-state index contributed by atoms with van der Waals surface area (Å²) in [5.41, 5.74) is 1.93. The number of benzene rings is 1. The van der Waals surface area contributed by atoms with Crippen LogP contribution in [-0.4, -0.2) is 47.0 Å². The molecule has 1 atom stereocenters. The molecule has 6 nitrogen and oxygen atoms in total. The number of nitrogens with zero attached hydrogens (tertiary/aromatic N) is 4. The van der Waals surface area contributed by atoms with E-state index in [1.54, 1.807) is 6.92 Å². The number of carbonyl (C=O) groups is 1. The van der Waals surface area contributed by atoms with Crippen molar-refractivity contribution in [2.75, 3.05) is 31.1 Å². The van der Waals surface area contributed by atoms with Crippen LogP contribution in [0.15, 0.2) is 28.8 Å². The maximum atomic E-state index is 11.4. The molecule has 0 radical (unpaired) electrons. The predicted molar refractivity (Wildman–Crippen MR) is 96.9 cm³/mol. The van der Waals surface area contributed by atoms with Gasteiger partial charge in [0.2, 0.25) is 5.89 Å². The van der Waals surface area contributed by atoms with Gasteiger partial charge >= 0.3 is 0 Å². The molecule has 1 aromatic carbocycles. The molecule has 6 heteroatoms. The number of rotatable bonds is 6. The average Bonchev–Trinajstić information content (AvgIpc) is 3.10. The van der Waals surface area contributed by atoms with Crippen LogP contribution in [0.1, 0.15) is 55.3 Å². The summed E-state index contributed by atoms with van der Waals surface area (Å²) in [6.45, 7) is 9.61. The fraction of sp³-hybridized carbons (Fsp3) is 0.526. The van der Waals surface area contributed by atoms with Gasteiger partial charge in [0.1, 0.15) is 0 Å². The molecule has 134 valence electrons. The van der Waals surface area contributed by atoms with Crippen LogP contribution >= 0.6 is 0 Å². The van der Waals surface area contributed by atoms with Crippen molar-refractivity contribution in [2.24, 2.45) is 0 Å². The number of aromatic nitrogens is 2. The zero-order valence-electron chi connectivity index (χ0n) is 15.2. The molecular weight excluding hydrogens is 316 g/mol. The lowest BCUT2D eigenvalue weighted by atomic mass is 10.1. The summed E-state index contributed by atoms with van der Waals surface area (Å²) in [5, 5.41) is 4.06. The van der Waals surface area contributed by atoms with Gasteiger partial charge in [-0.15, -0.1) is 0 Å². The number of anilines is 1. The molecule has 2 heterocycles. The van der Waals surface area contributed by atoms with E-state index in [0.717, 1.165) is 50.4 Å². The van der Waals surface area contributed by atoms with Crippen molar-refractivity contribution >= 4 is 11.5 Å². The molecule has 1 fully saturated rings. The minimum atomic E-state index is 0.104. The molecule has 0 N–H and O–H groups in total. The first-order chi connectivity index (χ1) is 12.1. The molecule has 0 spiro atoms. The van der Waals surface area contributed by atoms with Gasteiger partial charge in [0.15, 0.2) is 11.6 Å². The van der Waals surface area contributed by atoms with E-state index in [9.17, 15) is 4.79 Å². The van der Waals surface area contributed by atoms with Gasteiger partial charge in [-0.05, 0) is 44.5 Å². The molecule has 0 amide bonds. The molecule has 1 aliphatic rings. The molecule has 3 rings (SSSR count). The summed E-state index contributed by atoms with van der Waals surface area (Å²) in [6, 6.07) is 8.01. The molecule has 1 aliphatic heterocycles. The highest BCUT2D eigenvalue weighted by Gasteiger charge is 2.25. The number of hydrogen-bond acceptors (Lipinski definition) is 6. The summed E-state index contributed by atoms with van der Waals surface area (Å²) in [5.74, 6) is 1.61. The van der Waals surface area contributed by atoms with Gasteiger partial charge in [-0.1, -0.05) is 12.1 Å². The van der Waals surface area contributed by atoms with E-state index in [1.807, 2.05) is 24.3 Å². The maximum Gasteiger partial charge on any atom is 0.243 e. The first kappa shape index (κ1) is 17.6. The SMILES string of the molecule is CCCc1noc([C@@H](C)N2CCN(c3ccc(C(C)=O)cc3)CC2)n1. The Labute approximate surface area is 148 Å². The van der Waals surface area contributed by atoms with Gasteiger partial charge < -0.3 is 9.42 Å². The summed E-state index contributed by atoms with van der Waals surface area (Å²) in [4.78, 5) is 20.6. The van der Waals surface area contributed by atoms with Crippen molar-refractivity contribution < 1.29 is 9.32 Å². The summed E-state index contributed by atoms with van der Waals surface area (Å²) in [6.07, 6.45) is 1.88. The molecule has 0 aliphatic carbocycles. The molecular formula is C19H26N4O2. The van der Waals surface area contributed by atoms with E-state index < -0.39 is 0 Å². The Kier molecular flexibility index (Phi) is 5.48. The summed E-state index contributed by atoms with van der Waals surface area (Å²) >= 11 is 0. The quantitative estimate of drug-likeness (QED) is 0.752. The maximum absolute atomic E-state index is 11.4. The number of ketones is 1. The lowest BCUT2D eigenvalue weighted by molar-refractivity contribution is 0.101. The largest absolute Gasteiger partial charge is 0.369 e. The van der Waals surface area contributed by atoms with Gasteiger partial charge in [-0.25, -0.2) is 0 Å². The van der Waals surface area contributed by atoms with Crippen molar-refractivity contribution in [3.63, 3.8) is 0 Å². The average molecular weight is 342 g/mol. The van der Waals surface area contributed by atoms with Crippen LogP contribution in [0.2, 0.25) is 0 Å². The second-order valence-electron chi connectivity index (χ2n) is 6.60. The van der Waals surface area contributed by atoms with E-state index in [4.69, 9.17) is 4.52 Å². The van der Waals surface area contributed by atoms with Crippen LogP contribution in [0, 0.1) is 0 Å². The molecule has 2 aromatic rings. The first-order valence-corrected chi connectivity index (χ1v) is 9.01.